The molecule has 3 aromatic rings. The molecule has 1 aliphatic rings. The van der Waals surface area contributed by atoms with E-state index in [0.717, 1.165) is 43.1 Å². The molecule has 1 saturated heterocycles. The predicted octanol–water partition coefficient (Wildman–Crippen LogP) is 2.98. The first-order valence-electron chi connectivity index (χ1n) is 10.2. The SMILES string of the molecule is COc1cc(COOc2cncc(N3CCNCC3)n2)ccc1OCc1ccccc1. The van der Waals surface area contributed by atoms with Crippen molar-refractivity contribution in [2.75, 3.05) is 38.2 Å². The van der Waals surface area contributed by atoms with Gasteiger partial charge in [-0.15, -0.1) is 0 Å². The molecule has 0 radical (unpaired) electrons. The minimum Gasteiger partial charge on any atom is -0.493 e. The molecule has 2 heterocycles. The molecule has 31 heavy (non-hydrogen) atoms. The van der Waals surface area contributed by atoms with Gasteiger partial charge < -0.3 is 24.6 Å². The van der Waals surface area contributed by atoms with Crippen LogP contribution >= 0.6 is 0 Å². The van der Waals surface area contributed by atoms with Crippen molar-refractivity contribution in [2.45, 2.75) is 13.2 Å². The Balaban J connectivity index is 1.31. The minimum atomic E-state index is 0.231. The zero-order valence-electron chi connectivity index (χ0n) is 17.5. The Morgan fingerprint density at radius 1 is 0.935 bits per heavy atom. The number of aromatic nitrogens is 2. The van der Waals surface area contributed by atoms with E-state index in [1.54, 1.807) is 13.3 Å². The Hall–Kier alpha value is -3.36. The van der Waals surface area contributed by atoms with Gasteiger partial charge in [-0.05, 0) is 23.3 Å². The molecule has 1 aliphatic heterocycles. The van der Waals surface area contributed by atoms with Gasteiger partial charge in [-0.2, -0.15) is 9.87 Å². The Morgan fingerprint density at radius 2 is 1.77 bits per heavy atom. The van der Waals surface area contributed by atoms with Crippen molar-refractivity contribution in [3.05, 3.63) is 72.1 Å². The quantitative estimate of drug-likeness (QED) is 0.417. The third-order valence-corrected chi connectivity index (χ3v) is 4.88. The van der Waals surface area contributed by atoms with Crippen LogP contribution in [0.1, 0.15) is 11.1 Å². The molecule has 1 fully saturated rings. The smallest absolute Gasteiger partial charge is 0.276 e. The van der Waals surface area contributed by atoms with E-state index in [1.807, 2.05) is 48.5 Å². The Morgan fingerprint density at radius 3 is 2.58 bits per heavy atom. The van der Waals surface area contributed by atoms with Crippen LogP contribution < -0.4 is 24.6 Å². The van der Waals surface area contributed by atoms with E-state index in [0.29, 0.717) is 24.0 Å². The lowest BCUT2D eigenvalue weighted by Gasteiger charge is -2.28. The molecule has 8 heteroatoms. The minimum absolute atomic E-state index is 0.231. The highest BCUT2D eigenvalue weighted by molar-refractivity contribution is 5.43. The van der Waals surface area contributed by atoms with Crippen LogP contribution in [0.5, 0.6) is 17.4 Å². The number of piperazine rings is 1. The van der Waals surface area contributed by atoms with E-state index in [2.05, 4.69) is 20.2 Å². The number of rotatable bonds is 9. The molecule has 1 N–H and O–H groups in total. The van der Waals surface area contributed by atoms with Gasteiger partial charge in [-0.1, -0.05) is 36.4 Å². The van der Waals surface area contributed by atoms with Crippen LogP contribution in [-0.4, -0.2) is 43.3 Å². The van der Waals surface area contributed by atoms with Crippen molar-refractivity contribution >= 4 is 5.82 Å². The Labute approximate surface area is 181 Å². The molecule has 4 rings (SSSR count). The van der Waals surface area contributed by atoms with E-state index >= 15 is 0 Å². The van der Waals surface area contributed by atoms with Crippen molar-refractivity contribution < 1.29 is 19.2 Å². The van der Waals surface area contributed by atoms with Crippen molar-refractivity contribution in [3.63, 3.8) is 0 Å². The van der Waals surface area contributed by atoms with Gasteiger partial charge in [0.05, 0.1) is 19.5 Å². The molecule has 2 aromatic carbocycles. The van der Waals surface area contributed by atoms with Crippen molar-refractivity contribution in [3.8, 4) is 17.4 Å². The third kappa shape index (κ3) is 5.84. The fraction of sp³-hybridized carbons (Fsp3) is 0.304. The first-order valence-corrected chi connectivity index (χ1v) is 10.2. The van der Waals surface area contributed by atoms with Gasteiger partial charge in [0.2, 0.25) is 0 Å². The summed E-state index contributed by atoms with van der Waals surface area (Å²) in [5.41, 5.74) is 1.98. The maximum absolute atomic E-state index is 5.89. The lowest BCUT2D eigenvalue weighted by Crippen LogP contribution is -2.43. The summed E-state index contributed by atoms with van der Waals surface area (Å²) in [4.78, 5) is 21.6. The monoisotopic (exact) mass is 422 g/mol. The lowest BCUT2D eigenvalue weighted by molar-refractivity contribution is -0.220. The maximum Gasteiger partial charge on any atom is 0.276 e. The van der Waals surface area contributed by atoms with Crippen molar-refractivity contribution in [1.29, 1.82) is 0 Å². The predicted molar refractivity (Wildman–Crippen MR) is 116 cm³/mol. The van der Waals surface area contributed by atoms with Gasteiger partial charge in [0.25, 0.3) is 5.88 Å². The Kier molecular flexibility index (Phi) is 7.15. The van der Waals surface area contributed by atoms with Gasteiger partial charge in [0.1, 0.15) is 13.2 Å². The van der Waals surface area contributed by atoms with E-state index in [-0.39, 0.29) is 6.61 Å². The molecule has 8 nitrogen and oxygen atoms in total. The van der Waals surface area contributed by atoms with E-state index < -0.39 is 0 Å². The first kappa shape index (κ1) is 20.9. The third-order valence-electron chi connectivity index (χ3n) is 4.88. The molecular formula is C23H26N4O4. The van der Waals surface area contributed by atoms with Crippen LogP contribution in [0.25, 0.3) is 0 Å². The van der Waals surface area contributed by atoms with Gasteiger partial charge in [0.15, 0.2) is 17.3 Å². The first-order chi connectivity index (χ1) is 15.3. The number of hydrogen-bond donors (Lipinski definition) is 1. The number of methoxy groups -OCH3 is 1. The molecule has 0 amide bonds. The fourth-order valence-electron chi connectivity index (χ4n) is 3.24. The van der Waals surface area contributed by atoms with Crippen LogP contribution in [0, 0.1) is 0 Å². The van der Waals surface area contributed by atoms with Crippen LogP contribution in [0.3, 0.4) is 0 Å². The lowest BCUT2D eigenvalue weighted by atomic mass is 10.2. The van der Waals surface area contributed by atoms with Gasteiger partial charge >= 0.3 is 0 Å². The number of nitrogens with one attached hydrogen (secondary N) is 1. The second-order valence-corrected chi connectivity index (χ2v) is 7.06. The molecule has 0 atom stereocenters. The number of hydrogen-bond acceptors (Lipinski definition) is 8. The second kappa shape index (κ2) is 10.6. The average molecular weight is 422 g/mol. The topological polar surface area (TPSA) is 78.0 Å². The summed E-state index contributed by atoms with van der Waals surface area (Å²) in [5.74, 6) is 2.41. The molecule has 0 aliphatic carbocycles. The number of ether oxygens (including phenoxy) is 2. The van der Waals surface area contributed by atoms with Crippen LogP contribution in [0.15, 0.2) is 60.9 Å². The van der Waals surface area contributed by atoms with Crippen molar-refractivity contribution in [1.82, 2.24) is 15.3 Å². The summed E-state index contributed by atoms with van der Waals surface area (Å²) < 4.78 is 11.4. The zero-order valence-corrected chi connectivity index (χ0v) is 17.5. The maximum atomic E-state index is 5.89. The molecular weight excluding hydrogens is 396 g/mol. The Bertz CT molecular complexity index is 965. The number of nitrogens with zero attached hydrogens (tertiary/aromatic N) is 3. The number of benzene rings is 2. The highest BCUT2D eigenvalue weighted by Crippen LogP contribution is 2.29. The van der Waals surface area contributed by atoms with Gasteiger partial charge in [0, 0.05) is 26.2 Å². The molecule has 0 bridgehead atoms. The fourth-order valence-corrected chi connectivity index (χ4v) is 3.24. The van der Waals surface area contributed by atoms with Gasteiger partial charge in [-0.3, -0.25) is 4.98 Å². The van der Waals surface area contributed by atoms with Crippen LogP contribution in [-0.2, 0) is 18.1 Å². The number of anilines is 1. The summed E-state index contributed by atoms with van der Waals surface area (Å²) >= 11 is 0. The van der Waals surface area contributed by atoms with Gasteiger partial charge in [-0.25, -0.2) is 0 Å². The highest BCUT2D eigenvalue weighted by Gasteiger charge is 2.13. The average Bonchev–Trinajstić information content (AvgIpc) is 2.84. The van der Waals surface area contributed by atoms with Crippen molar-refractivity contribution in [2.24, 2.45) is 0 Å². The van der Waals surface area contributed by atoms with E-state index in [1.165, 1.54) is 6.20 Å². The van der Waals surface area contributed by atoms with Crippen LogP contribution in [0.4, 0.5) is 5.82 Å². The summed E-state index contributed by atoms with van der Waals surface area (Å²) in [6.07, 6.45) is 3.27. The highest BCUT2D eigenvalue weighted by atomic mass is 17.2. The molecule has 0 saturated carbocycles. The second-order valence-electron chi connectivity index (χ2n) is 7.06. The summed E-state index contributed by atoms with van der Waals surface area (Å²) in [5, 5.41) is 3.32. The summed E-state index contributed by atoms with van der Waals surface area (Å²) in [6.45, 7) is 4.33. The molecule has 1 aromatic heterocycles. The molecule has 0 unspecified atom stereocenters. The van der Waals surface area contributed by atoms with E-state index in [4.69, 9.17) is 19.2 Å². The normalized spacial score (nSPS) is 13.6. The molecule has 0 spiro atoms. The summed E-state index contributed by atoms with van der Waals surface area (Å²) in [6, 6.07) is 15.6. The molecule has 162 valence electrons. The van der Waals surface area contributed by atoms with E-state index in [9.17, 15) is 0 Å². The zero-order chi connectivity index (χ0) is 21.3. The summed E-state index contributed by atoms with van der Waals surface area (Å²) in [7, 11) is 1.61. The largest absolute Gasteiger partial charge is 0.493 e. The van der Waals surface area contributed by atoms with Crippen LogP contribution in [0.2, 0.25) is 0 Å². The standard InChI is InChI=1S/C23H26N4O4/c1-28-21-13-19(7-8-20(21)29-16-18-5-3-2-4-6-18)17-30-31-23-15-25-14-22(26-23)27-11-9-24-10-12-27/h2-8,13-15,24H,9-12,16-17H2,1H3.